The average molecular weight is 190 g/mol. The Morgan fingerprint density at radius 3 is 3.07 bits per heavy atom. The summed E-state index contributed by atoms with van der Waals surface area (Å²) < 4.78 is 5.31. The second-order valence-electron chi connectivity index (χ2n) is 2.67. The van der Waals surface area contributed by atoms with Crippen LogP contribution in [0.15, 0.2) is 18.5 Å². The van der Waals surface area contributed by atoms with E-state index in [1.807, 2.05) is 20.0 Å². The molecular formula is C11H14N2O. The van der Waals surface area contributed by atoms with Crippen molar-refractivity contribution in [3.63, 3.8) is 0 Å². The number of hydrogen-bond acceptors (Lipinski definition) is 3. The molecule has 1 aromatic heterocycles. The quantitative estimate of drug-likeness (QED) is 0.723. The van der Waals surface area contributed by atoms with Gasteiger partial charge >= 0.3 is 0 Å². The fourth-order valence-electron chi connectivity index (χ4n) is 0.967. The predicted molar refractivity (Wildman–Crippen MR) is 56.2 cm³/mol. The van der Waals surface area contributed by atoms with E-state index >= 15 is 0 Å². The summed E-state index contributed by atoms with van der Waals surface area (Å²) in [6.07, 6.45) is 3.41. The van der Waals surface area contributed by atoms with Gasteiger partial charge in [0.15, 0.2) is 0 Å². The molecule has 0 radical (unpaired) electrons. The van der Waals surface area contributed by atoms with Gasteiger partial charge in [-0.3, -0.25) is 4.98 Å². The minimum Gasteiger partial charge on any atom is -0.492 e. The largest absolute Gasteiger partial charge is 0.492 e. The van der Waals surface area contributed by atoms with E-state index in [0.29, 0.717) is 13.2 Å². The highest BCUT2D eigenvalue weighted by molar-refractivity contribution is 5.36. The Morgan fingerprint density at radius 2 is 2.36 bits per heavy atom. The second-order valence-corrected chi connectivity index (χ2v) is 2.67. The van der Waals surface area contributed by atoms with Crippen LogP contribution in [0.1, 0.15) is 12.5 Å². The smallest absolute Gasteiger partial charge is 0.138 e. The number of aromatic nitrogens is 1. The molecule has 0 saturated heterocycles. The summed E-state index contributed by atoms with van der Waals surface area (Å²) in [5.74, 6) is 6.72. The van der Waals surface area contributed by atoms with E-state index in [0.717, 1.165) is 11.3 Å². The van der Waals surface area contributed by atoms with Crippen LogP contribution in [0.4, 0.5) is 0 Å². The van der Waals surface area contributed by atoms with Gasteiger partial charge in [-0.1, -0.05) is 11.8 Å². The Labute approximate surface area is 84.5 Å². The van der Waals surface area contributed by atoms with Crippen LogP contribution >= 0.6 is 0 Å². The lowest BCUT2D eigenvalue weighted by atomic mass is 10.3. The first kappa shape index (κ1) is 10.6. The molecule has 0 bridgehead atoms. The first-order chi connectivity index (χ1) is 6.86. The van der Waals surface area contributed by atoms with Crippen LogP contribution < -0.4 is 10.1 Å². The molecule has 1 N–H and O–H groups in total. The molecule has 14 heavy (non-hydrogen) atoms. The van der Waals surface area contributed by atoms with Gasteiger partial charge in [-0.05, 0) is 20.0 Å². The number of ether oxygens (including phenoxy) is 1. The van der Waals surface area contributed by atoms with Crippen LogP contribution in [0.2, 0.25) is 0 Å². The monoisotopic (exact) mass is 190 g/mol. The number of nitrogens with zero attached hydrogens (tertiary/aromatic N) is 1. The van der Waals surface area contributed by atoms with E-state index in [-0.39, 0.29) is 0 Å². The zero-order valence-corrected chi connectivity index (χ0v) is 8.50. The molecule has 1 aromatic rings. The lowest BCUT2D eigenvalue weighted by molar-refractivity contribution is 0.339. The van der Waals surface area contributed by atoms with Gasteiger partial charge in [0.25, 0.3) is 0 Å². The summed E-state index contributed by atoms with van der Waals surface area (Å²) in [6, 6.07) is 1.89. The van der Waals surface area contributed by atoms with Gasteiger partial charge in [0.1, 0.15) is 5.75 Å². The van der Waals surface area contributed by atoms with Crippen molar-refractivity contribution in [2.24, 2.45) is 0 Å². The summed E-state index contributed by atoms with van der Waals surface area (Å²) in [4.78, 5) is 4.03. The maximum atomic E-state index is 5.31. The standard InChI is InChI=1S/C11H14N2O/c1-3-14-11-7-10(8-13-9-11)5-4-6-12-2/h7-9,12H,3,6H2,1-2H3. The molecular weight excluding hydrogens is 176 g/mol. The first-order valence-electron chi connectivity index (χ1n) is 4.58. The minimum atomic E-state index is 0.648. The lowest BCUT2D eigenvalue weighted by Crippen LogP contribution is -2.04. The topological polar surface area (TPSA) is 34.1 Å². The van der Waals surface area contributed by atoms with E-state index in [1.165, 1.54) is 0 Å². The normalized spacial score (nSPS) is 9.00. The molecule has 0 aromatic carbocycles. The van der Waals surface area contributed by atoms with Crippen LogP contribution in [-0.2, 0) is 0 Å². The summed E-state index contributed by atoms with van der Waals surface area (Å²) in [7, 11) is 1.86. The van der Waals surface area contributed by atoms with Crippen LogP contribution in [0.3, 0.4) is 0 Å². The third kappa shape index (κ3) is 3.46. The number of pyridine rings is 1. The van der Waals surface area contributed by atoms with Crippen LogP contribution in [0, 0.1) is 11.8 Å². The van der Waals surface area contributed by atoms with Crippen molar-refractivity contribution in [1.82, 2.24) is 10.3 Å². The first-order valence-corrected chi connectivity index (χ1v) is 4.58. The van der Waals surface area contributed by atoms with Crippen molar-refractivity contribution in [1.29, 1.82) is 0 Å². The summed E-state index contributed by atoms with van der Waals surface area (Å²) in [5, 5.41) is 2.95. The van der Waals surface area contributed by atoms with Gasteiger partial charge in [0.2, 0.25) is 0 Å². The van der Waals surface area contributed by atoms with Gasteiger partial charge in [-0.2, -0.15) is 0 Å². The van der Waals surface area contributed by atoms with Gasteiger partial charge in [0.05, 0.1) is 19.3 Å². The predicted octanol–water partition coefficient (Wildman–Crippen LogP) is 1.05. The highest BCUT2D eigenvalue weighted by Crippen LogP contribution is 2.09. The van der Waals surface area contributed by atoms with E-state index in [2.05, 4.69) is 22.1 Å². The van der Waals surface area contributed by atoms with E-state index in [1.54, 1.807) is 12.4 Å². The van der Waals surface area contributed by atoms with Crippen molar-refractivity contribution in [2.75, 3.05) is 20.2 Å². The highest BCUT2D eigenvalue weighted by Gasteiger charge is 1.93. The highest BCUT2D eigenvalue weighted by atomic mass is 16.5. The molecule has 0 aliphatic heterocycles. The van der Waals surface area contributed by atoms with Gasteiger partial charge in [-0.15, -0.1) is 0 Å². The Morgan fingerprint density at radius 1 is 1.50 bits per heavy atom. The zero-order chi connectivity index (χ0) is 10.2. The summed E-state index contributed by atoms with van der Waals surface area (Å²) >= 11 is 0. The lowest BCUT2D eigenvalue weighted by Gasteiger charge is -2.01. The SMILES string of the molecule is CCOc1cncc(C#CCNC)c1. The van der Waals surface area contributed by atoms with E-state index < -0.39 is 0 Å². The van der Waals surface area contributed by atoms with Crippen LogP contribution in [0.5, 0.6) is 5.75 Å². The molecule has 0 aliphatic carbocycles. The van der Waals surface area contributed by atoms with Crippen molar-refractivity contribution in [2.45, 2.75) is 6.92 Å². The van der Waals surface area contributed by atoms with E-state index in [4.69, 9.17) is 4.74 Å². The third-order valence-electron chi connectivity index (χ3n) is 1.52. The van der Waals surface area contributed by atoms with Crippen molar-refractivity contribution in [3.8, 4) is 17.6 Å². The Hall–Kier alpha value is -1.53. The van der Waals surface area contributed by atoms with Gasteiger partial charge in [0, 0.05) is 11.8 Å². The average Bonchev–Trinajstić information content (AvgIpc) is 2.19. The molecule has 0 atom stereocenters. The van der Waals surface area contributed by atoms with Gasteiger partial charge < -0.3 is 10.1 Å². The molecule has 0 amide bonds. The molecule has 0 unspecified atom stereocenters. The molecule has 1 rings (SSSR count). The molecule has 0 fully saturated rings. The fourth-order valence-corrected chi connectivity index (χ4v) is 0.967. The Balaban J connectivity index is 2.69. The van der Waals surface area contributed by atoms with Crippen molar-refractivity contribution < 1.29 is 4.74 Å². The van der Waals surface area contributed by atoms with Crippen LogP contribution in [-0.4, -0.2) is 25.2 Å². The van der Waals surface area contributed by atoms with E-state index in [9.17, 15) is 0 Å². The summed E-state index contributed by atoms with van der Waals surface area (Å²) in [6.45, 7) is 3.27. The Bertz CT molecular complexity index is 339. The molecule has 3 heteroatoms. The van der Waals surface area contributed by atoms with Crippen molar-refractivity contribution >= 4 is 0 Å². The number of rotatable bonds is 3. The maximum absolute atomic E-state index is 5.31. The molecule has 0 saturated carbocycles. The second kappa shape index (κ2) is 6.01. The third-order valence-corrected chi connectivity index (χ3v) is 1.52. The zero-order valence-electron chi connectivity index (χ0n) is 8.50. The Kier molecular flexibility index (Phi) is 4.53. The molecule has 0 aliphatic rings. The van der Waals surface area contributed by atoms with Crippen LogP contribution in [0.25, 0.3) is 0 Å². The molecule has 0 spiro atoms. The van der Waals surface area contributed by atoms with Gasteiger partial charge in [-0.25, -0.2) is 0 Å². The maximum Gasteiger partial charge on any atom is 0.138 e. The van der Waals surface area contributed by atoms with Crippen molar-refractivity contribution in [3.05, 3.63) is 24.0 Å². The number of nitrogens with one attached hydrogen (secondary N) is 1. The minimum absolute atomic E-state index is 0.648. The molecule has 74 valence electrons. The summed E-state index contributed by atoms with van der Waals surface area (Å²) in [5.41, 5.74) is 0.881. The fraction of sp³-hybridized carbons (Fsp3) is 0.364. The molecule has 3 nitrogen and oxygen atoms in total. The molecule has 1 heterocycles. The number of hydrogen-bond donors (Lipinski definition) is 1.